The Bertz CT molecular complexity index is 730. The second-order valence-electron chi connectivity index (χ2n) is 6.12. The number of halogens is 1. The van der Waals surface area contributed by atoms with Crippen molar-refractivity contribution in [1.82, 2.24) is 9.88 Å². The molecule has 5 nitrogen and oxygen atoms in total. The molecule has 25 heavy (non-hydrogen) atoms. The van der Waals surface area contributed by atoms with Crippen molar-refractivity contribution in [3.05, 3.63) is 46.4 Å². The lowest BCUT2D eigenvalue weighted by Gasteiger charge is -2.34. The van der Waals surface area contributed by atoms with Crippen LogP contribution in [0.1, 0.15) is 42.5 Å². The van der Waals surface area contributed by atoms with E-state index in [4.69, 9.17) is 11.6 Å². The fourth-order valence-electron chi connectivity index (χ4n) is 3.15. The zero-order chi connectivity index (χ0) is 17.6. The van der Waals surface area contributed by atoms with Crippen LogP contribution in [-0.4, -0.2) is 34.3 Å². The topological polar surface area (TPSA) is 62.3 Å². The molecule has 0 atom stereocenters. The van der Waals surface area contributed by atoms with Crippen molar-refractivity contribution in [2.24, 2.45) is 0 Å². The van der Waals surface area contributed by atoms with Crippen LogP contribution in [0.5, 0.6) is 0 Å². The Balaban J connectivity index is 1.76. The summed E-state index contributed by atoms with van der Waals surface area (Å²) in [5, 5.41) is 5.62. The van der Waals surface area contributed by atoms with Crippen molar-refractivity contribution in [3.8, 4) is 0 Å². The number of nitrogens with one attached hydrogen (secondary N) is 1. The van der Waals surface area contributed by atoms with Gasteiger partial charge in [-0.3, -0.25) is 9.59 Å². The number of benzene rings is 1. The SMILES string of the molecule is O=C(CN(C(=O)c1cccc(Cl)c1)C1CCCCC1)Nc1nccs1. The van der Waals surface area contributed by atoms with Gasteiger partial charge in [-0.15, -0.1) is 11.3 Å². The standard InChI is InChI=1S/C18H20ClN3O2S/c19-14-6-4-5-13(11-14)17(24)22(15-7-2-1-3-8-15)12-16(23)21-18-20-9-10-25-18/h4-6,9-11,15H,1-3,7-8,12H2,(H,20,21,23). The number of anilines is 1. The third-order valence-corrected chi connectivity index (χ3v) is 5.26. The molecule has 1 aromatic carbocycles. The monoisotopic (exact) mass is 377 g/mol. The average molecular weight is 378 g/mol. The summed E-state index contributed by atoms with van der Waals surface area (Å²) in [4.78, 5) is 31.2. The minimum absolute atomic E-state index is 0.0234. The molecule has 2 aromatic rings. The lowest BCUT2D eigenvalue weighted by Crippen LogP contribution is -2.45. The molecule has 1 heterocycles. The molecular weight excluding hydrogens is 358 g/mol. The van der Waals surface area contributed by atoms with Gasteiger partial charge in [-0.2, -0.15) is 0 Å². The van der Waals surface area contributed by atoms with Gasteiger partial charge in [0.15, 0.2) is 5.13 Å². The lowest BCUT2D eigenvalue weighted by molar-refractivity contribution is -0.117. The van der Waals surface area contributed by atoms with Crippen LogP contribution in [0.4, 0.5) is 5.13 Å². The van der Waals surface area contributed by atoms with Crippen LogP contribution in [0.2, 0.25) is 5.02 Å². The molecule has 132 valence electrons. The number of hydrogen-bond donors (Lipinski definition) is 1. The number of carbonyl (C=O) groups is 2. The van der Waals surface area contributed by atoms with E-state index in [2.05, 4.69) is 10.3 Å². The van der Waals surface area contributed by atoms with Crippen molar-refractivity contribution in [1.29, 1.82) is 0 Å². The Kier molecular flexibility index (Phi) is 6.04. The van der Waals surface area contributed by atoms with Crippen molar-refractivity contribution >= 4 is 39.9 Å². The number of carbonyl (C=O) groups excluding carboxylic acids is 2. The predicted molar refractivity (Wildman–Crippen MR) is 100 cm³/mol. The third kappa shape index (κ3) is 4.80. The average Bonchev–Trinajstić information content (AvgIpc) is 3.13. The van der Waals surface area contributed by atoms with Crippen molar-refractivity contribution in [2.45, 2.75) is 38.1 Å². The lowest BCUT2D eigenvalue weighted by atomic mass is 9.93. The first-order chi connectivity index (χ1) is 12.1. The summed E-state index contributed by atoms with van der Waals surface area (Å²) in [5.74, 6) is -0.375. The minimum Gasteiger partial charge on any atom is -0.326 e. The highest BCUT2D eigenvalue weighted by Crippen LogP contribution is 2.25. The van der Waals surface area contributed by atoms with Gasteiger partial charge < -0.3 is 10.2 Å². The van der Waals surface area contributed by atoms with E-state index in [1.807, 2.05) is 0 Å². The highest BCUT2D eigenvalue weighted by molar-refractivity contribution is 7.13. The maximum atomic E-state index is 13.0. The molecule has 1 aromatic heterocycles. The van der Waals surface area contributed by atoms with Crippen LogP contribution < -0.4 is 5.32 Å². The Morgan fingerprint density at radius 2 is 2.08 bits per heavy atom. The maximum absolute atomic E-state index is 13.0. The summed E-state index contributed by atoms with van der Waals surface area (Å²) >= 11 is 7.38. The van der Waals surface area contributed by atoms with E-state index in [0.717, 1.165) is 25.7 Å². The largest absolute Gasteiger partial charge is 0.326 e. The first-order valence-corrected chi connectivity index (χ1v) is 9.65. The Hall–Kier alpha value is -1.92. The molecule has 0 bridgehead atoms. The molecule has 0 radical (unpaired) electrons. The summed E-state index contributed by atoms with van der Waals surface area (Å²) in [6.07, 6.45) is 6.83. The first-order valence-electron chi connectivity index (χ1n) is 8.39. The molecule has 1 fully saturated rings. The van der Waals surface area contributed by atoms with Crippen molar-refractivity contribution in [3.63, 3.8) is 0 Å². The maximum Gasteiger partial charge on any atom is 0.254 e. The number of nitrogens with zero attached hydrogens (tertiary/aromatic N) is 2. The highest BCUT2D eigenvalue weighted by atomic mass is 35.5. The molecule has 0 spiro atoms. The summed E-state index contributed by atoms with van der Waals surface area (Å²) in [5.41, 5.74) is 0.514. The number of aromatic nitrogens is 1. The van der Waals surface area contributed by atoms with E-state index in [9.17, 15) is 9.59 Å². The third-order valence-electron chi connectivity index (χ3n) is 4.34. The first kappa shape index (κ1) is 17.9. The van der Waals surface area contributed by atoms with Gasteiger partial charge in [0.25, 0.3) is 5.91 Å². The molecule has 7 heteroatoms. The van der Waals surface area contributed by atoms with E-state index < -0.39 is 0 Å². The van der Waals surface area contributed by atoms with E-state index in [1.165, 1.54) is 17.8 Å². The van der Waals surface area contributed by atoms with Crippen LogP contribution in [0.15, 0.2) is 35.8 Å². The van der Waals surface area contributed by atoms with Gasteiger partial charge in [-0.25, -0.2) is 4.98 Å². The van der Waals surface area contributed by atoms with Gasteiger partial charge in [0.05, 0.1) is 0 Å². The van der Waals surface area contributed by atoms with Gasteiger partial charge in [0.2, 0.25) is 5.91 Å². The van der Waals surface area contributed by atoms with Crippen LogP contribution in [0.25, 0.3) is 0 Å². The normalized spacial score (nSPS) is 14.9. The predicted octanol–water partition coefficient (Wildman–Crippen LogP) is 4.21. The minimum atomic E-state index is -0.226. The van der Waals surface area contributed by atoms with Crippen molar-refractivity contribution < 1.29 is 9.59 Å². The summed E-state index contributed by atoms with van der Waals surface area (Å²) in [6.45, 7) is 0.0234. The molecule has 0 unspecified atom stereocenters. The molecule has 1 N–H and O–H groups in total. The smallest absolute Gasteiger partial charge is 0.254 e. The van der Waals surface area contributed by atoms with Gasteiger partial charge in [0, 0.05) is 28.2 Å². The zero-order valence-corrected chi connectivity index (χ0v) is 15.4. The zero-order valence-electron chi connectivity index (χ0n) is 13.8. The van der Waals surface area contributed by atoms with Gasteiger partial charge >= 0.3 is 0 Å². The number of rotatable bonds is 5. The van der Waals surface area contributed by atoms with Gasteiger partial charge in [-0.05, 0) is 31.0 Å². The van der Waals surface area contributed by atoms with Crippen LogP contribution >= 0.6 is 22.9 Å². The summed E-state index contributed by atoms with van der Waals surface area (Å²) in [7, 11) is 0. The fourth-order valence-corrected chi connectivity index (χ4v) is 3.88. The Labute approximate surface area is 156 Å². The second kappa shape index (κ2) is 8.45. The number of hydrogen-bond acceptors (Lipinski definition) is 4. The van der Waals surface area contributed by atoms with Gasteiger partial charge in [-0.1, -0.05) is 36.9 Å². The van der Waals surface area contributed by atoms with Crippen molar-refractivity contribution in [2.75, 3.05) is 11.9 Å². The Morgan fingerprint density at radius 1 is 1.28 bits per heavy atom. The van der Waals surface area contributed by atoms with Crippen LogP contribution in [0.3, 0.4) is 0 Å². The number of amides is 2. The molecule has 3 rings (SSSR count). The van der Waals surface area contributed by atoms with E-state index >= 15 is 0 Å². The molecule has 1 aliphatic rings. The molecule has 0 aliphatic heterocycles. The van der Waals surface area contributed by atoms with Crippen LogP contribution in [0, 0.1) is 0 Å². The van der Waals surface area contributed by atoms with E-state index in [1.54, 1.807) is 40.7 Å². The molecule has 1 saturated carbocycles. The van der Waals surface area contributed by atoms with E-state index in [-0.39, 0.29) is 24.4 Å². The van der Waals surface area contributed by atoms with Crippen LogP contribution in [-0.2, 0) is 4.79 Å². The fraction of sp³-hybridized carbons (Fsp3) is 0.389. The molecule has 2 amide bonds. The quantitative estimate of drug-likeness (QED) is 0.848. The second-order valence-corrected chi connectivity index (χ2v) is 7.45. The van der Waals surface area contributed by atoms with E-state index in [0.29, 0.717) is 15.7 Å². The molecule has 1 aliphatic carbocycles. The Morgan fingerprint density at radius 3 is 2.76 bits per heavy atom. The molecular formula is C18H20ClN3O2S. The molecule has 0 saturated heterocycles. The number of thiazole rings is 1. The summed E-state index contributed by atoms with van der Waals surface area (Å²) < 4.78 is 0. The summed E-state index contributed by atoms with van der Waals surface area (Å²) in [6, 6.07) is 6.96. The highest BCUT2D eigenvalue weighted by Gasteiger charge is 2.28. The van der Waals surface area contributed by atoms with Gasteiger partial charge in [0.1, 0.15) is 6.54 Å².